The van der Waals surface area contributed by atoms with E-state index in [2.05, 4.69) is 168 Å². The number of hydrogen-bond acceptors (Lipinski definition) is 0. The third kappa shape index (κ3) is 4.67. The van der Waals surface area contributed by atoms with Gasteiger partial charge in [-0.15, -0.1) is 0 Å². The molecule has 0 aliphatic heterocycles. The highest BCUT2D eigenvalue weighted by Crippen LogP contribution is 2.55. The standard InChI is InChI=1S/C36H25Br/c37-31-23-21-26(22-24-31)25-32-33(27-13-5-1-6-14-27)35(29-17-9-3-10-18-29)36(30-19-11-4-12-20-30)34(32)28-15-7-2-8-16-28/h1-25H. The van der Waals surface area contributed by atoms with E-state index >= 15 is 0 Å². The van der Waals surface area contributed by atoms with Crippen LogP contribution in [0.15, 0.2) is 156 Å². The molecule has 0 aromatic heterocycles. The lowest BCUT2D eigenvalue weighted by molar-refractivity contribution is 1.56. The Bertz CT molecular complexity index is 1510. The second kappa shape index (κ2) is 10.4. The van der Waals surface area contributed by atoms with Gasteiger partial charge in [0.05, 0.1) is 0 Å². The number of benzene rings is 5. The summed E-state index contributed by atoms with van der Waals surface area (Å²) in [4.78, 5) is 0. The minimum atomic E-state index is 1.08. The molecule has 0 bridgehead atoms. The van der Waals surface area contributed by atoms with Gasteiger partial charge in [-0.3, -0.25) is 0 Å². The van der Waals surface area contributed by atoms with E-state index in [4.69, 9.17) is 0 Å². The first kappa shape index (κ1) is 23.2. The van der Waals surface area contributed by atoms with E-state index in [1.165, 1.54) is 55.7 Å². The number of rotatable bonds is 5. The molecule has 176 valence electrons. The smallest absolute Gasteiger partial charge is 0.0175 e. The van der Waals surface area contributed by atoms with Crippen LogP contribution in [0.2, 0.25) is 0 Å². The lowest BCUT2D eigenvalue weighted by Gasteiger charge is -2.14. The van der Waals surface area contributed by atoms with Gasteiger partial charge in [0, 0.05) is 4.47 Å². The molecule has 0 atom stereocenters. The molecule has 0 N–H and O–H groups in total. The fourth-order valence-electron chi connectivity index (χ4n) is 5.11. The molecule has 0 fully saturated rings. The van der Waals surface area contributed by atoms with Gasteiger partial charge < -0.3 is 0 Å². The summed E-state index contributed by atoms with van der Waals surface area (Å²) in [6.07, 6.45) is 2.34. The third-order valence-corrected chi connectivity index (χ3v) is 7.25. The highest BCUT2D eigenvalue weighted by atomic mass is 79.9. The van der Waals surface area contributed by atoms with Crippen LogP contribution in [0.3, 0.4) is 0 Å². The molecule has 0 amide bonds. The molecule has 0 nitrogen and oxygen atoms in total. The molecule has 1 aliphatic rings. The van der Waals surface area contributed by atoms with Crippen molar-refractivity contribution in [2.75, 3.05) is 0 Å². The molecule has 0 saturated carbocycles. The molecule has 1 heteroatoms. The first-order valence-corrected chi connectivity index (χ1v) is 13.3. The van der Waals surface area contributed by atoms with Crippen LogP contribution in [0, 0.1) is 0 Å². The fraction of sp³-hybridized carbons (Fsp3) is 0. The lowest BCUT2D eigenvalue weighted by Crippen LogP contribution is -1.92. The molecular weight excluding hydrogens is 512 g/mol. The van der Waals surface area contributed by atoms with Crippen molar-refractivity contribution in [3.05, 3.63) is 183 Å². The van der Waals surface area contributed by atoms with E-state index in [1.54, 1.807) is 0 Å². The Labute approximate surface area is 227 Å². The summed E-state index contributed by atoms with van der Waals surface area (Å²) in [7, 11) is 0. The fourth-order valence-corrected chi connectivity index (χ4v) is 5.37. The van der Waals surface area contributed by atoms with Gasteiger partial charge in [-0.1, -0.05) is 149 Å². The number of halogens is 1. The van der Waals surface area contributed by atoms with Crippen molar-refractivity contribution in [2.45, 2.75) is 0 Å². The zero-order valence-electron chi connectivity index (χ0n) is 20.3. The zero-order valence-corrected chi connectivity index (χ0v) is 21.9. The first-order chi connectivity index (χ1) is 18.3. The predicted molar refractivity (Wildman–Crippen MR) is 162 cm³/mol. The van der Waals surface area contributed by atoms with E-state index in [9.17, 15) is 0 Å². The summed E-state index contributed by atoms with van der Waals surface area (Å²) in [5.74, 6) is 0. The van der Waals surface area contributed by atoms with E-state index < -0.39 is 0 Å². The highest BCUT2D eigenvalue weighted by Gasteiger charge is 2.32. The SMILES string of the molecule is Brc1ccc(C=C2C(c3ccccc3)=C(c3ccccc3)C(c3ccccc3)=C2c2ccccc2)cc1. The van der Waals surface area contributed by atoms with Crippen LogP contribution >= 0.6 is 15.9 Å². The largest absolute Gasteiger partial charge is 0.0622 e. The maximum Gasteiger partial charge on any atom is 0.0175 e. The monoisotopic (exact) mass is 536 g/mol. The maximum absolute atomic E-state index is 3.60. The average Bonchev–Trinajstić information content (AvgIpc) is 3.31. The molecule has 5 aromatic carbocycles. The van der Waals surface area contributed by atoms with Crippen molar-refractivity contribution in [3.63, 3.8) is 0 Å². The van der Waals surface area contributed by atoms with Crippen molar-refractivity contribution < 1.29 is 0 Å². The first-order valence-electron chi connectivity index (χ1n) is 12.5. The van der Waals surface area contributed by atoms with E-state index in [1.807, 2.05) is 0 Å². The highest BCUT2D eigenvalue weighted by molar-refractivity contribution is 9.10. The van der Waals surface area contributed by atoms with Crippen molar-refractivity contribution in [2.24, 2.45) is 0 Å². The summed E-state index contributed by atoms with van der Waals surface area (Å²) in [6, 6.07) is 51.8. The molecule has 1 aliphatic carbocycles. The molecule has 6 rings (SSSR count). The van der Waals surface area contributed by atoms with Crippen LogP contribution in [0.1, 0.15) is 27.8 Å². The van der Waals surface area contributed by atoms with Gasteiger partial charge in [0.15, 0.2) is 0 Å². The van der Waals surface area contributed by atoms with Crippen LogP contribution in [-0.2, 0) is 0 Å². The maximum atomic E-state index is 3.60. The summed E-state index contributed by atoms with van der Waals surface area (Å²) < 4.78 is 1.08. The Morgan fingerprint density at radius 2 is 0.676 bits per heavy atom. The van der Waals surface area contributed by atoms with Gasteiger partial charge >= 0.3 is 0 Å². The van der Waals surface area contributed by atoms with Crippen LogP contribution in [-0.4, -0.2) is 0 Å². The number of hydrogen-bond donors (Lipinski definition) is 0. The normalized spacial score (nSPS) is 13.3. The molecule has 0 unspecified atom stereocenters. The molecule has 0 heterocycles. The van der Waals surface area contributed by atoms with Crippen molar-refractivity contribution >= 4 is 44.3 Å². The Hall–Kier alpha value is -4.20. The van der Waals surface area contributed by atoms with Gasteiger partial charge in [0.1, 0.15) is 0 Å². The molecular formula is C36H25Br. The van der Waals surface area contributed by atoms with Crippen molar-refractivity contribution in [1.82, 2.24) is 0 Å². The van der Waals surface area contributed by atoms with Crippen LogP contribution < -0.4 is 0 Å². The van der Waals surface area contributed by atoms with Crippen molar-refractivity contribution in [1.29, 1.82) is 0 Å². The van der Waals surface area contributed by atoms with E-state index in [-0.39, 0.29) is 0 Å². The Balaban J connectivity index is 1.76. The summed E-state index contributed by atoms with van der Waals surface area (Å²) >= 11 is 3.60. The quantitative estimate of drug-likeness (QED) is 0.209. The van der Waals surface area contributed by atoms with Gasteiger partial charge in [-0.05, 0) is 73.9 Å². The van der Waals surface area contributed by atoms with Crippen molar-refractivity contribution in [3.8, 4) is 0 Å². The zero-order chi connectivity index (χ0) is 25.0. The van der Waals surface area contributed by atoms with Gasteiger partial charge in [-0.2, -0.15) is 0 Å². The second-order valence-electron chi connectivity index (χ2n) is 9.07. The molecule has 0 spiro atoms. The molecule has 0 radical (unpaired) electrons. The minimum absolute atomic E-state index is 1.08. The van der Waals surface area contributed by atoms with E-state index in [0.29, 0.717) is 0 Å². The van der Waals surface area contributed by atoms with Gasteiger partial charge in [-0.25, -0.2) is 0 Å². The molecule has 0 saturated heterocycles. The molecule has 5 aromatic rings. The Morgan fingerprint density at radius 3 is 1.03 bits per heavy atom. The Morgan fingerprint density at radius 1 is 0.351 bits per heavy atom. The number of allylic oxidation sites excluding steroid dienone is 5. The summed E-state index contributed by atoms with van der Waals surface area (Å²) in [5.41, 5.74) is 12.3. The van der Waals surface area contributed by atoms with Crippen LogP contribution in [0.4, 0.5) is 0 Å². The summed E-state index contributed by atoms with van der Waals surface area (Å²) in [5, 5.41) is 0. The Kier molecular flexibility index (Phi) is 6.54. The van der Waals surface area contributed by atoms with Crippen LogP contribution in [0.5, 0.6) is 0 Å². The van der Waals surface area contributed by atoms with E-state index in [0.717, 1.165) is 4.47 Å². The molecule has 37 heavy (non-hydrogen) atoms. The summed E-state index contributed by atoms with van der Waals surface area (Å²) in [6.45, 7) is 0. The lowest BCUT2D eigenvalue weighted by atomic mass is 9.89. The third-order valence-electron chi connectivity index (χ3n) is 6.72. The van der Waals surface area contributed by atoms with Gasteiger partial charge in [0.25, 0.3) is 0 Å². The van der Waals surface area contributed by atoms with Crippen LogP contribution in [0.25, 0.3) is 28.4 Å². The average molecular weight is 538 g/mol. The minimum Gasteiger partial charge on any atom is -0.0622 e. The predicted octanol–water partition coefficient (Wildman–Crippen LogP) is 10.1. The van der Waals surface area contributed by atoms with Gasteiger partial charge in [0.2, 0.25) is 0 Å². The second-order valence-corrected chi connectivity index (χ2v) is 9.99. The topological polar surface area (TPSA) is 0 Å².